The van der Waals surface area contributed by atoms with E-state index < -0.39 is 0 Å². The maximum Gasteiger partial charge on any atom is 0.119 e. The van der Waals surface area contributed by atoms with E-state index in [0.717, 1.165) is 12.3 Å². The first-order chi connectivity index (χ1) is 9.99. The summed E-state index contributed by atoms with van der Waals surface area (Å²) in [7, 11) is 0. The summed E-state index contributed by atoms with van der Waals surface area (Å²) in [6, 6.07) is 8.46. The Morgan fingerprint density at radius 2 is 1.62 bits per heavy atom. The van der Waals surface area contributed by atoms with E-state index in [2.05, 4.69) is 45.1 Å². The smallest absolute Gasteiger partial charge is 0.119 e. The third-order valence-corrected chi connectivity index (χ3v) is 4.14. The van der Waals surface area contributed by atoms with Crippen LogP contribution in [0.2, 0.25) is 0 Å². The molecule has 3 N–H and O–H groups in total. The molecular formula is C18H32N2O. The summed E-state index contributed by atoms with van der Waals surface area (Å²) < 4.78 is 5.48. The first-order valence-electron chi connectivity index (χ1n) is 8.15. The molecule has 0 aliphatic carbocycles. The molecule has 0 amide bonds. The summed E-state index contributed by atoms with van der Waals surface area (Å²) in [6.07, 6.45) is 0. The molecule has 0 aliphatic heterocycles. The standard InChI is InChI=1S/C18H32N2O/c1-6-21-16-9-7-15(8-10-16)18(11-19)20-12-17(13(2)3)14(4)5/h7-10,13-14,17-18,20H,6,11-12,19H2,1-5H3. The minimum atomic E-state index is 0.209. The van der Waals surface area contributed by atoms with Gasteiger partial charge in [-0.1, -0.05) is 39.8 Å². The highest BCUT2D eigenvalue weighted by Crippen LogP contribution is 2.22. The van der Waals surface area contributed by atoms with Crippen LogP contribution in [0.15, 0.2) is 24.3 Å². The van der Waals surface area contributed by atoms with Gasteiger partial charge in [-0.05, 0) is 48.9 Å². The molecule has 1 aromatic carbocycles. The lowest BCUT2D eigenvalue weighted by molar-refractivity contribution is 0.266. The topological polar surface area (TPSA) is 47.3 Å². The molecular weight excluding hydrogens is 260 g/mol. The Kier molecular flexibility index (Phi) is 7.76. The van der Waals surface area contributed by atoms with Crippen LogP contribution in [0.3, 0.4) is 0 Å². The molecule has 1 aromatic rings. The number of hydrogen-bond acceptors (Lipinski definition) is 3. The van der Waals surface area contributed by atoms with Gasteiger partial charge in [-0.2, -0.15) is 0 Å². The van der Waals surface area contributed by atoms with Gasteiger partial charge in [0.2, 0.25) is 0 Å². The van der Waals surface area contributed by atoms with Crippen LogP contribution < -0.4 is 15.8 Å². The molecule has 0 saturated carbocycles. The number of benzene rings is 1. The number of hydrogen-bond donors (Lipinski definition) is 2. The van der Waals surface area contributed by atoms with Crippen molar-refractivity contribution in [3.05, 3.63) is 29.8 Å². The van der Waals surface area contributed by atoms with Crippen LogP contribution in [0.1, 0.15) is 46.2 Å². The lowest BCUT2D eigenvalue weighted by atomic mass is 9.85. The lowest BCUT2D eigenvalue weighted by Gasteiger charge is -2.28. The third kappa shape index (κ3) is 5.68. The molecule has 21 heavy (non-hydrogen) atoms. The average molecular weight is 292 g/mol. The third-order valence-electron chi connectivity index (χ3n) is 4.14. The molecule has 0 radical (unpaired) electrons. The fourth-order valence-electron chi connectivity index (χ4n) is 2.82. The van der Waals surface area contributed by atoms with Gasteiger partial charge in [0.1, 0.15) is 5.75 Å². The minimum Gasteiger partial charge on any atom is -0.494 e. The van der Waals surface area contributed by atoms with Crippen LogP contribution in [-0.4, -0.2) is 19.7 Å². The van der Waals surface area contributed by atoms with Crippen molar-refractivity contribution in [2.45, 2.75) is 40.7 Å². The minimum absolute atomic E-state index is 0.209. The highest BCUT2D eigenvalue weighted by atomic mass is 16.5. The van der Waals surface area contributed by atoms with E-state index in [1.807, 2.05) is 19.1 Å². The molecule has 3 heteroatoms. The van der Waals surface area contributed by atoms with Crippen LogP contribution in [0.4, 0.5) is 0 Å². The number of nitrogens with one attached hydrogen (secondary N) is 1. The van der Waals surface area contributed by atoms with E-state index in [1.54, 1.807) is 0 Å². The first kappa shape index (κ1) is 18.0. The predicted molar refractivity (Wildman–Crippen MR) is 90.6 cm³/mol. The largest absolute Gasteiger partial charge is 0.494 e. The van der Waals surface area contributed by atoms with Crippen molar-refractivity contribution in [1.29, 1.82) is 0 Å². The second-order valence-corrected chi connectivity index (χ2v) is 6.35. The monoisotopic (exact) mass is 292 g/mol. The van der Waals surface area contributed by atoms with Gasteiger partial charge < -0.3 is 15.8 Å². The highest BCUT2D eigenvalue weighted by Gasteiger charge is 2.19. The Bertz CT molecular complexity index is 379. The van der Waals surface area contributed by atoms with Gasteiger partial charge in [0.25, 0.3) is 0 Å². The lowest BCUT2D eigenvalue weighted by Crippen LogP contribution is -2.35. The van der Waals surface area contributed by atoms with Crippen molar-refractivity contribution in [2.75, 3.05) is 19.7 Å². The Morgan fingerprint density at radius 1 is 1.05 bits per heavy atom. The van der Waals surface area contributed by atoms with E-state index in [1.165, 1.54) is 5.56 Å². The van der Waals surface area contributed by atoms with Gasteiger partial charge in [-0.25, -0.2) is 0 Å². The number of nitrogens with two attached hydrogens (primary N) is 1. The van der Waals surface area contributed by atoms with E-state index >= 15 is 0 Å². The van der Waals surface area contributed by atoms with E-state index in [9.17, 15) is 0 Å². The number of rotatable bonds is 9. The Balaban J connectivity index is 2.65. The maximum absolute atomic E-state index is 5.95. The van der Waals surface area contributed by atoms with Gasteiger partial charge in [0.05, 0.1) is 6.61 Å². The summed E-state index contributed by atoms with van der Waals surface area (Å²) in [5.41, 5.74) is 7.18. The molecule has 0 fully saturated rings. The SMILES string of the molecule is CCOc1ccc(C(CN)NCC(C(C)C)C(C)C)cc1. The van der Waals surface area contributed by atoms with Crippen LogP contribution in [0.5, 0.6) is 5.75 Å². The molecule has 1 unspecified atom stereocenters. The molecule has 3 nitrogen and oxygen atoms in total. The second kappa shape index (κ2) is 9.06. The normalized spacial score (nSPS) is 13.2. The zero-order valence-electron chi connectivity index (χ0n) is 14.2. The molecule has 0 aromatic heterocycles. The van der Waals surface area contributed by atoms with Gasteiger partial charge >= 0.3 is 0 Å². The van der Waals surface area contributed by atoms with Gasteiger partial charge in [0.15, 0.2) is 0 Å². The van der Waals surface area contributed by atoms with Gasteiger partial charge in [-0.3, -0.25) is 0 Å². The molecule has 0 spiro atoms. The van der Waals surface area contributed by atoms with Crippen molar-refractivity contribution in [3.8, 4) is 5.75 Å². The fourth-order valence-corrected chi connectivity index (χ4v) is 2.82. The molecule has 0 aliphatic rings. The summed E-state index contributed by atoms with van der Waals surface area (Å²) in [4.78, 5) is 0. The second-order valence-electron chi connectivity index (χ2n) is 6.35. The summed E-state index contributed by atoms with van der Waals surface area (Å²) >= 11 is 0. The zero-order valence-corrected chi connectivity index (χ0v) is 14.2. The van der Waals surface area contributed by atoms with Gasteiger partial charge in [0, 0.05) is 12.6 Å². The van der Waals surface area contributed by atoms with Gasteiger partial charge in [-0.15, -0.1) is 0 Å². The maximum atomic E-state index is 5.95. The molecule has 120 valence electrons. The average Bonchev–Trinajstić information content (AvgIpc) is 2.44. The molecule has 0 bridgehead atoms. The zero-order chi connectivity index (χ0) is 15.8. The summed E-state index contributed by atoms with van der Waals surface area (Å²) in [5, 5.41) is 3.63. The van der Waals surface area contributed by atoms with E-state index in [4.69, 9.17) is 10.5 Å². The van der Waals surface area contributed by atoms with Crippen molar-refractivity contribution >= 4 is 0 Å². The molecule has 1 atom stereocenters. The molecule has 0 saturated heterocycles. The van der Waals surface area contributed by atoms with E-state index in [0.29, 0.717) is 30.9 Å². The van der Waals surface area contributed by atoms with Crippen LogP contribution in [0.25, 0.3) is 0 Å². The van der Waals surface area contributed by atoms with Crippen LogP contribution in [-0.2, 0) is 0 Å². The molecule has 0 heterocycles. The van der Waals surface area contributed by atoms with Crippen LogP contribution in [0, 0.1) is 17.8 Å². The molecule has 1 rings (SSSR count). The van der Waals surface area contributed by atoms with Crippen molar-refractivity contribution in [3.63, 3.8) is 0 Å². The predicted octanol–water partition coefficient (Wildman–Crippen LogP) is 3.60. The fraction of sp³-hybridized carbons (Fsp3) is 0.667. The van der Waals surface area contributed by atoms with Crippen LogP contribution >= 0.6 is 0 Å². The van der Waals surface area contributed by atoms with Crippen molar-refractivity contribution in [2.24, 2.45) is 23.5 Å². The Labute approximate surface area is 130 Å². The van der Waals surface area contributed by atoms with Crippen molar-refractivity contribution in [1.82, 2.24) is 5.32 Å². The summed E-state index contributed by atoms with van der Waals surface area (Å²) in [6.45, 7) is 13.5. The van der Waals surface area contributed by atoms with E-state index in [-0.39, 0.29) is 6.04 Å². The quantitative estimate of drug-likeness (QED) is 0.731. The first-order valence-corrected chi connectivity index (χ1v) is 8.15. The Morgan fingerprint density at radius 3 is 2.05 bits per heavy atom. The van der Waals surface area contributed by atoms with Crippen molar-refractivity contribution < 1.29 is 4.74 Å². The number of ether oxygens (including phenoxy) is 1. The summed E-state index contributed by atoms with van der Waals surface area (Å²) in [5.74, 6) is 2.94. The Hall–Kier alpha value is -1.06. The highest BCUT2D eigenvalue weighted by molar-refractivity contribution is 5.29.